The SMILES string of the molecule is CC(Nc1cc(C#N)c2cc([N+](=O)[O-])ccc2n1)c1cn(-c2ccccc2)nn1. The van der Waals surface area contributed by atoms with E-state index >= 15 is 0 Å². The van der Waals surface area contributed by atoms with Crippen LogP contribution in [-0.4, -0.2) is 24.9 Å². The van der Waals surface area contributed by atoms with E-state index in [-0.39, 0.29) is 11.7 Å². The first-order chi connectivity index (χ1) is 14.0. The number of hydrogen-bond donors (Lipinski definition) is 1. The average molecular weight is 385 g/mol. The number of aromatic nitrogens is 4. The molecule has 1 unspecified atom stereocenters. The number of rotatable bonds is 5. The van der Waals surface area contributed by atoms with Gasteiger partial charge in [0.1, 0.15) is 11.5 Å². The Labute approximate surface area is 165 Å². The zero-order valence-corrected chi connectivity index (χ0v) is 15.4. The number of nitro benzene ring substituents is 1. The molecular formula is C20H15N7O2. The minimum atomic E-state index is -0.495. The molecule has 1 atom stereocenters. The van der Waals surface area contributed by atoms with Crippen molar-refractivity contribution in [1.29, 1.82) is 5.26 Å². The Hall–Kier alpha value is -4.32. The first-order valence-corrected chi connectivity index (χ1v) is 8.78. The molecule has 2 aromatic carbocycles. The van der Waals surface area contributed by atoms with Crippen LogP contribution in [-0.2, 0) is 0 Å². The zero-order valence-electron chi connectivity index (χ0n) is 15.4. The molecule has 4 rings (SSSR count). The molecule has 9 heteroatoms. The fraction of sp³-hybridized carbons (Fsp3) is 0.100. The fourth-order valence-corrected chi connectivity index (χ4v) is 2.97. The molecule has 0 bridgehead atoms. The quantitative estimate of drug-likeness (QED) is 0.410. The van der Waals surface area contributed by atoms with Crippen molar-refractivity contribution in [2.75, 3.05) is 5.32 Å². The summed E-state index contributed by atoms with van der Waals surface area (Å²) >= 11 is 0. The van der Waals surface area contributed by atoms with Gasteiger partial charge in [-0.15, -0.1) is 5.10 Å². The van der Waals surface area contributed by atoms with Gasteiger partial charge in [-0.2, -0.15) is 5.26 Å². The molecule has 2 aromatic heterocycles. The van der Waals surface area contributed by atoms with Crippen molar-refractivity contribution in [2.45, 2.75) is 13.0 Å². The molecule has 142 valence electrons. The average Bonchev–Trinajstić information content (AvgIpc) is 3.24. The van der Waals surface area contributed by atoms with Crippen molar-refractivity contribution in [1.82, 2.24) is 20.0 Å². The molecule has 0 aliphatic rings. The molecule has 29 heavy (non-hydrogen) atoms. The minimum Gasteiger partial charge on any atom is -0.362 e. The van der Waals surface area contributed by atoms with Gasteiger partial charge in [0.05, 0.1) is 40.0 Å². The number of para-hydroxylation sites is 1. The lowest BCUT2D eigenvalue weighted by molar-refractivity contribution is -0.384. The summed E-state index contributed by atoms with van der Waals surface area (Å²) in [6, 6.07) is 17.3. The van der Waals surface area contributed by atoms with Crippen molar-refractivity contribution < 1.29 is 4.92 Å². The van der Waals surface area contributed by atoms with Gasteiger partial charge in [0.25, 0.3) is 5.69 Å². The van der Waals surface area contributed by atoms with Crippen molar-refractivity contribution in [3.63, 3.8) is 0 Å². The Kier molecular flexibility index (Phi) is 4.58. The number of non-ortho nitro benzene ring substituents is 1. The molecule has 0 saturated heterocycles. The molecule has 0 radical (unpaired) electrons. The minimum absolute atomic E-state index is 0.0811. The second-order valence-corrected chi connectivity index (χ2v) is 6.41. The van der Waals surface area contributed by atoms with E-state index in [0.29, 0.717) is 28.0 Å². The van der Waals surface area contributed by atoms with E-state index in [2.05, 4.69) is 26.7 Å². The molecule has 0 amide bonds. The maximum Gasteiger partial charge on any atom is 0.270 e. The lowest BCUT2D eigenvalue weighted by Crippen LogP contribution is -2.09. The summed E-state index contributed by atoms with van der Waals surface area (Å²) in [4.78, 5) is 15.0. The normalized spacial score (nSPS) is 11.7. The summed E-state index contributed by atoms with van der Waals surface area (Å²) in [5.41, 5.74) is 2.33. The number of anilines is 1. The monoisotopic (exact) mass is 385 g/mol. The molecule has 0 aliphatic carbocycles. The highest BCUT2D eigenvalue weighted by atomic mass is 16.6. The maximum absolute atomic E-state index is 11.0. The predicted octanol–water partition coefficient (Wildman–Crippen LogP) is 3.77. The third-order valence-electron chi connectivity index (χ3n) is 4.46. The van der Waals surface area contributed by atoms with Crippen LogP contribution in [0.4, 0.5) is 11.5 Å². The molecular weight excluding hydrogens is 370 g/mol. The number of pyridine rings is 1. The summed E-state index contributed by atoms with van der Waals surface area (Å²) in [6.07, 6.45) is 1.82. The predicted molar refractivity (Wildman–Crippen MR) is 107 cm³/mol. The van der Waals surface area contributed by atoms with Crippen molar-refractivity contribution >= 4 is 22.4 Å². The Bertz CT molecular complexity index is 1240. The van der Waals surface area contributed by atoms with Crippen LogP contribution >= 0.6 is 0 Å². The van der Waals surface area contributed by atoms with Crippen LogP contribution in [0.5, 0.6) is 0 Å². The number of nitro groups is 1. The van der Waals surface area contributed by atoms with Gasteiger partial charge >= 0.3 is 0 Å². The molecule has 0 fully saturated rings. The number of nitrogens with zero attached hydrogens (tertiary/aromatic N) is 6. The van der Waals surface area contributed by atoms with Crippen molar-refractivity contribution in [2.24, 2.45) is 0 Å². The van der Waals surface area contributed by atoms with Crippen LogP contribution < -0.4 is 5.32 Å². The molecule has 1 N–H and O–H groups in total. The van der Waals surface area contributed by atoms with Crippen LogP contribution in [0.2, 0.25) is 0 Å². The summed E-state index contributed by atoms with van der Waals surface area (Å²) in [5, 5.41) is 32.5. The standard InChI is InChI=1S/C20H15N7O2/c1-13(19-12-26(25-24-19)15-5-3-2-4-6-15)22-20-9-14(11-21)17-10-16(27(28)29)7-8-18(17)23-20/h2-10,12-13H,1H3,(H,22,23). The van der Waals surface area contributed by atoms with E-state index in [1.165, 1.54) is 18.2 Å². The van der Waals surface area contributed by atoms with Crippen LogP contribution in [0.3, 0.4) is 0 Å². The maximum atomic E-state index is 11.0. The van der Waals surface area contributed by atoms with Crippen LogP contribution in [0.15, 0.2) is 60.8 Å². The molecule has 0 spiro atoms. The zero-order chi connectivity index (χ0) is 20.4. The number of benzene rings is 2. The van der Waals surface area contributed by atoms with Gasteiger partial charge in [-0.1, -0.05) is 23.4 Å². The van der Waals surface area contributed by atoms with Gasteiger partial charge in [0.15, 0.2) is 0 Å². The first-order valence-electron chi connectivity index (χ1n) is 8.78. The van der Waals surface area contributed by atoms with E-state index in [9.17, 15) is 15.4 Å². The summed E-state index contributed by atoms with van der Waals surface area (Å²) in [5.74, 6) is 0.477. The molecule has 0 saturated carbocycles. The highest BCUT2D eigenvalue weighted by Crippen LogP contribution is 2.26. The Morgan fingerprint density at radius 3 is 2.72 bits per heavy atom. The Balaban J connectivity index is 1.62. The highest BCUT2D eigenvalue weighted by Gasteiger charge is 2.15. The van der Waals surface area contributed by atoms with Gasteiger partial charge in [-0.05, 0) is 31.2 Å². The van der Waals surface area contributed by atoms with E-state index < -0.39 is 4.92 Å². The third kappa shape index (κ3) is 3.59. The van der Waals surface area contributed by atoms with Crippen LogP contribution in [0, 0.1) is 21.4 Å². The molecule has 0 aliphatic heterocycles. The van der Waals surface area contributed by atoms with Crippen LogP contribution in [0.25, 0.3) is 16.6 Å². The number of nitriles is 1. The number of hydrogen-bond acceptors (Lipinski definition) is 7. The second-order valence-electron chi connectivity index (χ2n) is 6.41. The van der Waals surface area contributed by atoms with Crippen LogP contribution in [0.1, 0.15) is 24.2 Å². The van der Waals surface area contributed by atoms with Crippen molar-refractivity contribution in [3.05, 3.63) is 82.2 Å². The van der Waals surface area contributed by atoms with Gasteiger partial charge < -0.3 is 5.32 Å². The van der Waals surface area contributed by atoms with Gasteiger partial charge in [-0.25, -0.2) is 9.67 Å². The second kappa shape index (κ2) is 7.36. The highest BCUT2D eigenvalue weighted by molar-refractivity contribution is 5.88. The molecule has 9 nitrogen and oxygen atoms in total. The van der Waals surface area contributed by atoms with E-state index in [1.807, 2.05) is 43.5 Å². The summed E-state index contributed by atoms with van der Waals surface area (Å²) in [6.45, 7) is 1.91. The van der Waals surface area contributed by atoms with E-state index in [0.717, 1.165) is 5.69 Å². The lowest BCUT2D eigenvalue weighted by Gasteiger charge is -2.13. The first kappa shape index (κ1) is 18.1. The van der Waals surface area contributed by atoms with E-state index in [4.69, 9.17) is 0 Å². The molecule has 4 aromatic rings. The summed E-state index contributed by atoms with van der Waals surface area (Å²) < 4.78 is 1.68. The largest absolute Gasteiger partial charge is 0.362 e. The Morgan fingerprint density at radius 1 is 1.21 bits per heavy atom. The van der Waals surface area contributed by atoms with Gasteiger partial charge in [0, 0.05) is 17.5 Å². The number of nitrogens with one attached hydrogen (secondary N) is 1. The van der Waals surface area contributed by atoms with E-state index in [1.54, 1.807) is 10.7 Å². The Morgan fingerprint density at radius 2 is 2.00 bits per heavy atom. The van der Waals surface area contributed by atoms with Crippen molar-refractivity contribution in [3.8, 4) is 11.8 Å². The smallest absolute Gasteiger partial charge is 0.270 e. The van der Waals surface area contributed by atoms with Gasteiger partial charge in [0.2, 0.25) is 0 Å². The summed E-state index contributed by atoms with van der Waals surface area (Å²) in [7, 11) is 0. The molecule has 2 heterocycles. The lowest BCUT2D eigenvalue weighted by atomic mass is 10.1. The topological polar surface area (TPSA) is 123 Å². The van der Waals surface area contributed by atoms with Gasteiger partial charge in [-0.3, -0.25) is 10.1 Å². The third-order valence-corrected chi connectivity index (χ3v) is 4.46. The number of fused-ring (bicyclic) bond motifs is 1. The fourth-order valence-electron chi connectivity index (χ4n) is 2.97.